The first kappa shape index (κ1) is 17.5. The lowest BCUT2D eigenvalue weighted by molar-refractivity contribution is 0.578. The van der Waals surface area contributed by atoms with Crippen LogP contribution in [-0.4, -0.2) is 28.1 Å². The molecule has 0 aliphatic heterocycles. The fourth-order valence-corrected chi connectivity index (χ4v) is 3.55. The Labute approximate surface area is 139 Å². The van der Waals surface area contributed by atoms with E-state index in [1.807, 2.05) is 6.07 Å². The minimum atomic E-state index is -3.40. The zero-order valence-corrected chi connectivity index (χ0v) is 14.5. The van der Waals surface area contributed by atoms with Gasteiger partial charge >= 0.3 is 0 Å². The summed E-state index contributed by atoms with van der Waals surface area (Å²) in [4.78, 5) is 2.56. The van der Waals surface area contributed by atoms with E-state index in [-0.39, 0.29) is 0 Å². The molecule has 0 radical (unpaired) electrons. The Bertz CT molecular complexity index is 715. The molecular formula is C18H24N2O2S. The van der Waals surface area contributed by atoms with Gasteiger partial charge in [0.1, 0.15) is 0 Å². The second-order valence-corrected chi connectivity index (χ2v) is 7.25. The van der Waals surface area contributed by atoms with Crippen LogP contribution in [0.1, 0.15) is 18.9 Å². The molecule has 0 heterocycles. The second kappa shape index (κ2) is 8.13. The van der Waals surface area contributed by atoms with Gasteiger partial charge in [-0.15, -0.1) is 0 Å². The quantitative estimate of drug-likeness (QED) is 0.755. The second-order valence-electron chi connectivity index (χ2n) is 5.48. The number of sulfonamides is 1. The first-order chi connectivity index (χ1) is 11.0. The van der Waals surface area contributed by atoms with Gasteiger partial charge in [0, 0.05) is 25.3 Å². The van der Waals surface area contributed by atoms with Crippen LogP contribution in [0.3, 0.4) is 0 Å². The van der Waals surface area contributed by atoms with Crippen molar-refractivity contribution in [3.63, 3.8) is 0 Å². The molecule has 0 amide bonds. The lowest BCUT2D eigenvalue weighted by Crippen LogP contribution is -2.30. The Morgan fingerprint density at radius 1 is 1.04 bits per heavy atom. The highest BCUT2D eigenvalue weighted by molar-refractivity contribution is 7.89. The van der Waals surface area contributed by atoms with Gasteiger partial charge in [0.05, 0.1) is 4.90 Å². The van der Waals surface area contributed by atoms with E-state index >= 15 is 0 Å². The van der Waals surface area contributed by atoms with Gasteiger partial charge in [-0.3, -0.25) is 0 Å². The fourth-order valence-electron chi connectivity index (χ4n) is 2.45. The molecular weight excluding hydrogens is 308 g/mol. The Kier molecular flexibility index (Phi) is 6.19. The summed E-state index contributed by atoms with van der Waals surface area (Å²) in [5.41, 5.74) is 2.41. The van der Waals surface area contributed by atoms with Crippen molar-refractivity contribution in [2.24, 2.45) is 0 Å². The minimum Gasteiger partial charge on any atom is -0.372 e. The number of hydrogen-bond donors (Lipinski definition) is 1. The molecule has 1 N–H and O–H groups in total. The van der Waals surface area contributed by atoms with Crippen LogP contribution in [0.15, 0.2) is 59.5 Å². The molecule has 0 bridgehead atoms. The van der Waals surface area contributed by atoms with Crippen molar-refractivity contribution in [3.8, 4) is 0 Å². The molecule has 0 spiro atoms. The number of nitrogens with zero attached hydrogens (tertiary/aromatic N) is 1. The van der Waals surface area contributed by atoms with E-state index in [4.69, 9.17) is 0 Å². The molecule has 4 nitrogen and oxygen atoms in total. The summed E-state index contributed by atoms with van der Waals surface area (Å²) >= 11 is 0. The lowest BCUT2D eigenvalue weighted by Gasteiger charge is -2.23. The van der Waals surface area contributed by atoms with Gasteiger partial charge in [-0.05, 0) is 50.1 Å². The summed E-state index contributed by atoms with van der Waals surface area (Å²) in [5.74, 6) is 0. The number of anilines is 1. The predicted molar refractivity (Wildman–Crippen MR) is 95.3 cm³/mol. The van der Waals surface area contributed by atoms with Crippen LogP contribution in [0.2, 0.25) is 0 Å². The maximum atomic E-state index is 12.1. The van der Waals surface area contributed by atoms with Gasteiger partial charge in [-0.25, -0.2) is 13.1 Å². The summed E-state index contributed by atoms with van der Waals surface area (Å²) in [7, 11) is -3.40. The van der Waals surface area contributed by atoms with E-state index in [1.165, 1.54) is 11.3 Å². The third kappa shape index (κ3) is 5.08. The third-order valence-electron chi connectivity index (χ3n) is 3.70. The highest BCUT2D eigenvalue weighted by Crippen LogP contribution is 2.16. The summed E-state index contributed by atoms with van der Waals surface area (Å²) in [6, 6.07) is 16.8. The van der Waals surface area contributed by atoms with Crippen LogP contribution in [0.5, 0.6) is 0 Å². The Morgan fingerprint density at radius 2 is 1.78 bits per heavy atom. The van der Waals surface area contributed by atoms with Crippen molar-refractivity contribution in [1.82, 2.24) is 4.72 Å². The standard InChI is InChI=1S/C18H24N2O2S/c1-3-20(17-10-7-9-16(2)15-17)14-8-13-19-23(21,22)18-11-5-4-6-12-18/h4-7,9-12,15,19H,3,8,13-14H2,1-2H3. The van der Waals surface area contributed by atoms with Crippen molar-refractivity contribution in [3.05, 3.63) is 60.2 Å². The van der Waals surface area contributed by atoms with E-state index in [9.17, 15) is 8.42 Å². The Balaban J connectivity index is 1.87. The van der Waals surface area contributed by atoms with Crippen molar-refractivity contribution in [1.29, 1.82) is 0 Å². The molecule has 0 atom stereocenters. The normalized spacial score (nSPS) is 11.4. The van der Waals surface area contributed by atoms with Crippen molar-refractivity contribution < 1.29 is 8.42 Å². The van der Waals surface area contributed by atoms with Gasteiger partial charge in [0.2, 0.25) is 10.0 Å². The maximum Gasteiger partial charge on any atom is 0.240 e. The maximum absolute atomic E-state index is 12.1. The average Bonchev–Trinajstić information content (AvgIpc) is 2.56. The molecule has 0 unspecified atom stereocenters. The van der Waals surface area contributed by atoms with Gasteiger partial charge in [0.25, 0.3) is 0 Å². The smallest absolute Gasteiger partial charge is 0.240 e. The molecule has 0 fully saturated rings. The van der Waals surface area contributed by atoms with Crippen LogP contribution in [0, 0.1) is 6.92 Å². The molecule has 0 aliphatic rings. The first-order valence-electron chi connectivity index (χ1n) is 7.89. The van der Waals surface area contributed by atoms with Gasteiger partial charge in [0.15, 0.2) is 0 Å². The van der Waals surface area contributed by atoms with Crippen molar-refractivity contribution >= 4 is 15.7 Å². The molecule has 2 aromatic carbocycles. The first-order valence-corrected chi connectivity index (χ1v) is 9.37. The lowest BCUT2D eigenvalue weighted by atomic mass is 10.2. The third-order valence-corrected chi connectivity index (χ3v) is 5.18. The Morgan fingerprint density at radius 3 is 2.43 bits per heavy atom. The van der Waals surface area contributed by atoms with E-state index in [0.717, 1.165) is 19.5 Å². The van der Waals surface area contributed by atoms with Crippen LogP contribution in [0.4, 0.5) is 5.69 Å². The summed E-state index contributed by atoms with van der Waals surface area (Å²) < 4.78 is 26.9. The number of rotatable bonds is 8. The van der Waals surface area contributed by atoms with Crippen LogP contribution < -0.4 is 9.62 Å². The summed E-state index contributed by atoms with van der Waals surface area (Å²) in [6.07, 6.45) is 0.758. The molecule has 0 saturated carbocycles. The van der Waals surface area contributed by atoms with E-state index in [1.54, 1.807) is 30.3 Å². The van der Waals surface area contributed by atoms with Crippen LogP contribution in [0.25, 0.3) is 0 Å². The zero-order valence-electron chi connectivity index (χ0n) is 13.7. The van der Waals surface area contributed by atoms with Gasteiger partial charge in [-0.2, -0.15) is 0 Å². The molecule has 2 rings (SSSR count). The fraction of sp³-hybridized carbons (Fsp3) is 0.333. The van der Waals surface area contributed by atoms with Crippen LogP contribution >= 0.6 is 0 Å². The number of aryl methyl sites for hydroxylation is 1. The molecule has 5 heteroatoms. The zero-order chi connectivity index (χ0) is 16.7. The largest absolute Gasteiger partial charge is 0.372 e. The van der Waals surface area contributed by atoms with Crippen molar-refractivity contribution in [2.45, 2.75) is 25.2 Å². The van der Waals surface area contributed by atoms with E-state index < -0.39 is 10.0 Å². The minimum absolute atomic E-state index is 0.311. The van der Waals surface area contributed by atoms with Gasteiger partial charge < -0.3 is 4.90 Å². The number of hydrogen-bond acceptors (Lipinski definition) is 3. The number of benzene rings is 2. The SMILES string of the molecule is CCN(CCCNS(=O)(=O)c1ccccc1)c1cccc(C)c1. The molecule has 0 aliphatic carbocycles. The van der Waals surface area contributed by atoms with E-state index in [0.29, 0.717) is 11.4 Å². The van der Waals surface area contributed by atoms with Crippen LogP contribution in [-0.2, 0) is 10.0 Å². The average molecular weight is 332 g/mol. The Hall–Kier alpha value is -1.85. The highest BCUT2D eigenvalue weighted by Gasteiger charge is 2.12. The van der Waals surface area contributed by atoms with E-state index in [2.05, 4.69) is 41.7 Å². The number of nitrogens with one attached hydrogen (secondary N) is 1. The molecule has 23 heavy (non-hydrogen) atoms. The summed E-state index contributed by atoms with van der Waals surface area (Å²) in [5, 5.41) is 0. The van der Waals surface area contributed by atoms with Crippen molar-refractivity contribution in [2.75, 3.05) is 24.5 Å². The highest BCUT2D eigenvalue weighted by atomic mass is 32.2. The molecule has 0 aromatic heterocycles. The molecule has 124 valence electrons. The summed E-state index contributed by atoms with van der Waals surface area (Å²) in [6.45, 7) is 6.33. The monoisotopic (exact) mass is 332 g/mol. The molecule has 0 saturated heterocycles. The topological polar surface area (TPSA) is 49.4 Å². The molecule has 2 aromatic rings. The predicted octanol–water partition coefficient (Wildman–Crippen LogP) is 3.19. The van der Waals surface area contributed by atoms with Gasteiger partial charge in [-0.1, -0.05) is 30.3 Å².